The van der Waals surface area contributed by atoms with E-state index < -0.39 is 0 Å². The molecule has 4 nitrogen and oxygen atoms in total. The number of rotatable bonds is 22. The SMILES string of the molecule is CCCCC(CC)COC(=O)C1CCC(CCCC(C)CCCC(C)C)CC1C(=O)OCC(CC)CCCC. The Balaban J connectivity index is 2.73. The summed E-state index contributed by atoms with van der Waals surface area (Å²) in [4.78, 5) is 26.7. The monoisotopic (exact) mass is 550 g/mol. The van der Waals surface area contributed by atoms with Crippen LogP contribution in [0.2, 0.25) is 0 Å². The van der Waals surface area contributed by atoms with Crippen LogP contribution in [0.3, 0.4) is 0 Å². The standard InChI is InChI=1S/C35H66O4/c1-8-12-19-29(10-3)25-38-34(36)32-23-22-31(21-15-18-28(7)17-14-16-27(5)6)24-33(32)35(37)39-26-30(11-4)20-13-9-2/h27-33H,8-26H2,1-7H3. The van der Waals surface area contributed by atoms with E-state index in [4.69, 9.17) is 9.47 Å². The van der Waals surface area contributed by atoms with Crippen LogP contribution < -0.4 is 0 Å². The molecule has 1 saturated carbocycles. The Kier molecular flexibility index (Phi) is 20.0. The van der Waals surface area contributed by atoms with Crippen LogP contribution in [0.4, 0.5) is 0 Å². The first kappa shape index (κ1) is 36.0. The molecule has 39 heavy (non-hydrogen) atoms. The lowest BCUT2D eigenvalue weighted by atomic mass is 9.72. The van der Waals surface area contributed by atoms with Crippen molar-refractivity contribution in [3.05, 3.63) is 0 Å². The maximum atomic E-state index is 13.4. The van der Waals surface area contributed by atoms with Crippen molar-refractivity contribution in [1.82, 2.24) is 0 Å². The van der Waals surface area contributed by atoms with Gasteiger partial charge in [0.05, 0.1) is 25.0 Å². The Morgan fingerprint density at radius 1 is 0.667 bits per heavy atom. The summed E-state index contributed by atoms with van der Waals surface area (Å²) < 4.78 is 11.8. The molecule has 6 atom stereocenters. The molecule has 230 valence electrons. The van der Waals surface area contributed by atoms with E-state index in [1.54, 1.807) is 0 Å². The first-order chi connectivity index (χ1) is 18.7. The zero-order valence-electron chi connectivity index (χ0n) is 27.1. The summed E-state index contributed by atoms with van der Waals surface area (Å²) in [5.74, 6) is 1.88. The van der Waals surface area contributed by atoms with Crippen molar-refractivity contribution in [2.24, 2.45) is 41.4 Å². The molecule has 0 heterocycles. The predicted octanol–water partition coefficient (Wildman–Crippen LogP) is 10.2. The van der Waals surface area contributed by atoms with Crippen LogP contribution in [0.5, 0.6) is 0 Å². The van der Waals surface area contributed by atoms with Gasteiger partial charge in [-0.1, -0.05) is 126 Å². The molecule has 0 spiro atoms. The summed E-state index contributed by atoms with van der Waals surface area (Å²) >= 11 is 0. The Labute approximate surface area is 243 Å². The molecule has 0 aromatic rings. The second-order valence-corrected chi connectivity index (χ2v) is 13.3. The molecule has 1 aliphatic rings. The first-order valence-corrected chi connectivity index (χ1v) is 17.1. The fraction of sp³-hybridized carbons (Fsp3) is 0.943. The molecule has 1 rings (SSSR count). The zero-order valence-corrected chi connectivity index (χ0v) is 27.1. The summed E-state index contributed by atoms with van der Waals surface area (Å²) in [5.41, 5.74) is 0. The fourth-order valence-corrected chi connectivity index (χ4v) is 6.25. The third-order valence-electron chi connectivity index (χ3n) is 9.36. The smallest absolute Gasteiger partial charge is 0.309 e. The van der Waals surface area contributed by atoms with Crippen LogP contribution in [-0.4, -0.2) is 25.2 Å². The number of carbonyl (C=O) groups is 2. The largest absolute Gasteiger partial charge is 0.465 e. The van der Waals surface area contributed by atoms with E-state index in [2.05, 4.69) is 48.5 Å². The number of ether oxygens (including phenoxy) is 2. The predicted molar refractivity (Wildman–Crippen MR) is 165 cm³/mol. The van der Waals surface area contributed by atoms with Gasteiger partial charge in [-0.05, 0) is 61.7 Å². The molecule has 4 heteroatoms. The van der Waals surface area contributed by atoms with Crippen LogP contribution in [-0.2, 0) is 19.1 Å². The van der Waals surface area contributed by atoms with Crippen LogP contribution in [0.15, 0.2) is 0 Å². The normalized spacial score (nSPS) is 21.9. The summed E-state index contributed by atoms with van der Waals surface area (Å²) in [7, 11) is 0. The molecule has 0 aliphatic heterocycles. The number of carbonyl (C=O) groups excluding carboxylic acids is 2. The van der Waals surface area contributed by atoms with Gasteiger partial charge in [-0.2, -0.15) is 0 Å². The summed E-state index contributed by atoms with van der Waals surface area (Å²) in [6.45, 7) is 16.7. The van der Waals surface area contributed by atoms with Gasteiger partial charge in [0.25, 0.3) is 0 Å². The molecule has 0 saturated heterocycles. The molecule has 1 fully saturated rings. The molecule has 0 aromatic carbocycles. The lowest BCUT2D eigenvalue weighted by molar-refractivity contribution is -0.165. The topological polar surface area (TPSA) is 52.6 Å². The van der Waals surface area contributed by atoms with Crippen LogP contribution in [0.25, 0.3) is 0 Å². The molecule has 6 unspecified atom stereocenters. The highest BCUT2D eigenvalue weighted by Crippen LogP contribution is 2.38. The minimum Gasteiger partial charge on any atom is -0.465 e. The van der Waals surface area contributed by atoms with Gasteiger partial charge in [-0.3, -0.25) is 9.59 Å². The zero-order chi connectivity index (χ0) is 29.0. The van der Waals surface area contributed by atoms with E-state index in [0.717, 1.165) is 76.0 Å². The quantitative estimate of drug-likeness (QED) is 0.126. The molecular weight excluding hydrogens is 484 g/mol. The van der Waals surface area contributed by atoms with E-state index in [1.165, 1.54) is 44.9 Å². The van der Waals surface area contributed by atoms with Crippen LogP contribution >= 0.6 is 0 Å². The van der Waals surface area contributed by atoms with E-state index in [1.807, 2.05) is 0 Å². The van der Waals surface area contributed by atoms with Crippen molar-refractivity contribution in [2.75, 3.05) is 13.2 Å². The van der Waals surface area contributed by atoms with Gasteiger partial charge in [0.2, 0.25) is 0 Å². The number of hydrogen-bond acceptors (Lipinski definition) is 4. The third-order valence-corrected chi connectivity index (χ3v) is 9.36. The van der Waals surface area contributed by atoms with E-state index in [9.17, 15) is 9.59 Å². The molecule has 0 radical (unpaired) electrons. The van der Waals surface area contributed by atoms with Crippen molar-refractivity contribution in [3.8, 4) is 0 Å². The molecule has 0 bridgehead atoms. The lowest BCUT2D eigenvalue weighted by Gasteiger charge is -2.34. The summed E-state index contributed by atoms with van der Waals surface area (Å²) in [6, 6.07) is 0. The van der Waals surface area contributed by atoms with Crippen molar-refractivity contribution in [3.63, 3.8) is 0 Å². The molecule has 0 amide bonds. The van der Waals surface area contributed by atoms with Crippen LogP contribution in [0.1, 0.15) is 158 Å². The molecule has 0 aromatic heterocycles. The summed E-state index contributed by atoms with van der Waals surface area (Å²) in [6.07, 6.45) is 19.1. The summed E-state index contributed by atoms with van der Waals surface area (Å²) in [5, 5.41) is 0. The number of esters is 2. The number of unbranched alkanes of at least 4 members (excludes halogenated alkanes) is 2. The van der Waals surface area contributed by atoms with Gasteiger partial charge in [0.1, 0.15) is 0 Å². The minimum atomic E-state index is -0.348. The van der Waals surface area contributed by atoms with Crippen molar-refractivity contribution >= 4 is 11.9 Å². The van der Waals surface area contributed by atoms with Crippen molar-refractivity contribution < 1.29 is 19.1 Å². The Bertz CT molecular complexity index is 630. The Hall–Kier alpha value is -1.06. The Morgan fingerprint density at radius 2 is 1.21 bits per heavy atom. The first-order valence-electron chi connectivity index (χ1n) is 17.1. The average Bonchev–Trinajstić information content (AvgIpc) is 2.92. The third kappa shape index (κ3) is 15.5. The molecular formula is C35H66O4. The highest BCUT2D eigenvalue weighted by Gasteiger charge is 2.41. The highest BCUT2D eigenvalue weighted by molar-refractivity contribution is 5.82. The minimum absolute atomic E-state index is 0.156. The van der Waals surface area contributed by atoms with E-state index in [0.29, 0.717) is 31.0 Å². The second kappa shape index (κ2) is 21.7. The van der Waals surface area contributed by atoms with E-state index in [-0.39, 0.29) is 23.8 Å². The van der Waals surface area contributed by atoms with Gasteiger partial charge in [0, 0.05) is 0 Å². The van der Waals surface area contributed by atoms with Gasteiger partial charge in [-0.25, -0.2) is 0 Å². The van der Waals surface area contributed by atoms with E-state index >= 15 is 0 Å². The van der Waals surface area contributed by atoms with Gasteiger partial charge in [-0.15, -0.1) is 0 Å². The maximum Gasteiger partial charge on any atom is 0.309 e. The Morgan fingerprint density at radius 3 is 1.72 bits per heavy atom. The van der Waals surface area contributed by atoms with Crippen molar-refractivity contribution in [2.45, 2.75) is 158 Å². The van der Waals surface area contributed by atoms with Crippen molar-refractivity contribution in [1.29, 1.82) is 0 Å². The lowest BCUT2D eigenvalue weighted by Crippen LogP contribution is -2.38. The van der Waals surface area contributed by atoms with Crippen LogP contribution in [0, 0.1) is 41.4 Å². The van der Waals surface area contributed by atoms with Gasteiger partial charge in [0.15, 0.2) is 0 Å². The molecule has 0 N–H and O–H groups in total. The average molecular weight is 551 g/mol. The number of hydrogen-bond donors (Lipinski definition) is 0. The highest BCUT2D eigenvalue weighted by atomic mass is 16.5. The fourth-order valence-electron chi connectivity index (χ4n) is 6.25. The molecule has 1 aliphatic carbocycles. The van der Waals surface area contributed by atoms with Gasteiger partial charge < -0.3 is 9.47 Å². The maximum absolute atomic E-state index is 13.4. The van der Waals surface area contributed by atoms with Gasteiger partial charge >= 0.3 is 11.9 Å². The second-order valence-electron chi connectivity index (χ2n) is 13.3.